The Labute approximate surface area is 105 Å². The van der Waals surface area contributed by atoms with Crippen LogP contribution in [0, 0.1) is 0 Å². The van der Waals surface area contributed by atoms with Gasteiger partial charge < -0.3 is 15.6 Å². The van der Waals surface area contributed by atoms with Gasteiger partial charge >= 0.3 is 5.97 Å². The molecule has 1 rings (SSSR count). The van der Waals surface area contributed by atoms with Gasteiger partial charge in [0.2, 0.25) is 0 Å². The zero-order valence-corrected chi connectivity index (χ0v) is 11.0. The summed E-state index contributed by atoms with van der Waals surface area (Å²) in [5.41, 5.74) is 6.06. The number of anilines is 1. The molecule has 7 heteroatoms. The Hall–Kier alpha value is -1.76. The lowest BCUT2D eigenvalue weighted by Crippen LogP contribution is -2.10. The smallest absolute Gasteiger partial charge is 0.339 e. The van der Waals surface area contributed by atoms with E-state index in [0.717, 1.165) is 0 Å². The van der Waals surface area contributed by atoms with E-state index in [9.17, 15) is 13.2 Å². The molecule has 0 spiro atoms. The van der Waals surface area contributed by atoms with Crippen LogP contribution in [0.1, 0.15) is 22.8 Å². The van der Waals surface area contributed by atoms with Crippen LogP contribution in [-0.4, -0.2) is 32.4 Å². The second kappa shape index (κ2) is 5.26. The molecule has 0 aliphatic carbocycles. The normalized spacial score (nSPS) is 11.2. The van der Waals surface area contributed by atoms with Gasteiger partial charge in [-0.05, 0) is 11.6 Å². The van der Waals surface area contributed by atoms with Crippen LogP contribution < -0.4 is 10.5 Å². The number of methoxy groups -OCH3 is 1. The highest BCUT2D eigenvalue weighted by Gasteiger charge is 2.18. The van der Waals surface area contributed by atoms with Crippen molar-refractivity contribution in [3.63, 3.8) is 0 Å². The lowest BCUT2D eigenvalue weighted by Gasteiger charge is -2.11. The molecule has 1 aromatic rings. The monoisotopic (exact) mass is 273 g/mol. The maximum atomic E-state index is 11.5. The standard InChI is InChI=1S/C11H15NO5S/c1-3-18(15,16)6-7-4-8(11(13)14)10(17-2)5-9(7)12/h4-5H,3,6,12H2,1-2H3,(H,13,14). The predicted octanol–water partition coefficient (Wildman–Crippen LogP) is 0.910. The quantitative estimate of drug-likeness (QED) is 0.772. The molecule has 0 fully saturated rings. The third-order valence-corrected chi connectivity index (χ3v) is 4.14. The van der Waals surface area contributed by atoms with Crippen LogP contribution in [0.25, 0.3) is 0 Å². The number of aromatic carboxylic acids is 1. The van der Waals surface area contributed by atoms with E-state index in [1.54, 1.807) is 0 Å². The third-order valence-electron chi connectivity index (χ3n) is 2.51. The van der Waals surface area contributed by atoms with E-state index in [1.807, 2.05) is 0 Å². The van der Waals surface area contributed by atoms with Gasteiger partial charge in [-0.25, -0.2) is 13.2 Å². The first kappa shape index (κ1) is 14.3. The van der Waals surface area contributed by atoms with Crippen molar-refractivity contribution in [2.45, 2.75) is 12.7 Å². The van der Waals surface area contributed by atoms with Crippen molar-refractivity contribution in [1.82, 2.24) is 0 Å². The van der Waals surface area contributed by atoms with Crippen molar-refractivity contribution in [3.8, 4) is 5.75 Å². The molecule has 0 amide bonds. The van der Waals surface area contributed by atoms with Crippen molar-refractivity contribution < 1.29 is 23.1 Å². The molecule has 0 heterocycles. The van der Waals surface area contributed by atoms with Crippen LogP contribution in [0.15, 0.2) is 12.1 Å². The number of carbonyl (C=O) groups is 1. The average Bonchev–Trinajstić information content (AvgIpc) is 2.30. The first-order chi connectivity index (χ1) is 8.30. The SMILES string of the molecule is CCS(=O)(=O)Cc1cc(C(=O)O)c(OC)cc1N. The Morgan fingerprint density at radius 1 is 1.44 bits per heavy atom. The number of sulfone groups is 1. The van der Waals surface area contributed by atoms with Crippen molar-refractivity contribution >= 4 is 21.5 Å². The Bertz CT molecular complexity index is 565. The molecule has 0 aliphatic heterocycles. The molecule has 0 atom stereocenters. The topological polar surface area (TPSA) is 107 Å². The predicted molar refractivity (Wildman–Crippen MR) is 67.5 cm³/mol. The van der Waals surface area contributed by atoms with E-state index < -0.39 is 15.8 Å². The number of rotatable bonds is 5. The highest BCUT2D eigenvalue weighted by molar-refractivity contribution is 7.90. The lowest BCUT2D eigenvalue weighted by molar-refractivity contribution is 0.0693. The first-order valence-electron chi connectivity index (χ1n) is 5.20. The molecule has 0 radical (unpaired) electrons. The molecule has 3 N–H and O–H groups in total. The second-order valence-electron chi connectivity index (χ2n) is 3.73. The van der Waals surface area contributed by atoms with Crippen LogP contribution in [0.4, 0.5) is 5.69 Å². The van der Waals surface area contributed by atoms with Crippen molar-refractivity contribution in [1.29, 1.82) is 0 Å². The molecule has 1 aromatic carbocycles. The largest absolute Gasteiger partial charge is 0.496 e. The van der Waals surface area contributed by atoms with E-state index in [-0.39, 0.29) is 34.1 Å². The van der Waals surface area contributed by atoms with Gasteiger partial charge in [0, 0.05) is 17.5 Å². The number of nitrogen functional groups attached to an aromatic ring is 1. The van der Waals surface area contributed by atoms with E-state index in [4.69, 9.17) is 15.6 Å². The number of hydrogen-bond donors (Lipinski definition) is 2. The summed E-state index contributed by atoms with van der Waals surface area (Å²) in [5, 5.41) is 9.00. The van der Waals surface area contributed by atoms with Gasteiger partial charge in [-0.15, -0.1) is 0 Å². The zero-order chi connectivity index (χ0) is 13.9. The Balaban J connectivity index is 3.30. The fraction of sp³-hybridized carbons (Fsp3) is 0.364. The van der Waals surface area contributed by atoms with Crippen LogP contribution in [-0.2, 0) is 15.6 Å². The average molecular weight is 273 g/mol. The maximum Gasteiger partial charge on any atom is 0.339 e. The molecule has 6 nitrogen and oxygen atoms in total. The fourth-order valence-corrected chi connectivity index (χ4v) is 2.37. The fourth-order valence-electron chi connectivity index (χ4n) is 1.44. The maximum absolute atomic E-state index is 11.5. The molecule has 0 saturated carbocycles. The molecule has 100 valence electrons. The summed E-state index contributed by atoms with van der Waals surface area (Å²) < 4.78 is 27.9. The van der Waals surface area contributed by atoms with Gasteiger partial charge in [-0.2, -0.15) is 0 Å². The van der Waals surface area contributed by atoms with Crippen molar-refractivity contribution in [2.24, 2.45) is 0 Å². The molecule has 0 bridgehead atoms. The van der Waals surface area contributed by atoms with Crippen molar-refractivity contribution in [3.05, 3.63) is 23.3 Å². The van der Waals surface area contributed by atoms with E-state index in [1.165, 1.54) is 26.2 Å². The first-order valence-corrected chi connectivity index (χ1v) is 7.03. The molecular formula is C11H15NO5S. The highest BCUT2D eigenvalue weighted by atomic mass is 32.2. The summed E-state index contributed by atoms with van der Waals surface area (Å²) in [4.78, 5) is 11.0. The minimum absolute atomic E-state index is 0.0269. The lowest BCUT2D eigenvalue weighted by atomic mass is 10.1. The number of carboxylic acid groups (broad SMARTS) is 1. The minimum atomic E-state index is -3.27. The summed E-state index contributed by atoms with van der Waals surface area (Å²) in [7, 11) is -1.95. The Kier molecular flexibility index (Phi) is 4.18. The Morgan fingerprint density at radius 3 is 2.50 bits per heavy atom. The van der Waals surface area contributed by atoms with Gasteiger partial charge in [0.25, 0.3) is 0 Å². The van der Waals surface area contributed by atoms with E-state index >= 15 is 0 Å². The molecule has 0 aliphatic rings. The van der Waals surface area contributed by atoms with E-state index in [0.29, 0.717) is 0 Å². The van der Waals surface area contributed by atoms with Crippen molar-refractivity contribution in [2.75, 3.05) is 18.6 Å². The minimum Gasteiger partial charge on any atom is -0.496 e. The molecular weight excluding hydrogens is 258 g/mol. The number of nitrogens with two attached hydrogens (primary N) is 1. The van der Waals surface area contributed by atoms with Gasteiger partial charge in [0.1, 0.15) is 11.3 Å². The number of benzene rings is 1. The molecule has 0 unspecified atom stereocenters. The summed E-state index contributed by atoms with van der Waals surface area (Å²) in [6.07, 6.45) is 0. The Morgan fingerprint density at radius 2 is 2.06 bits per heavy atom. The summed E-state index contributed by atoms with van der Waals surface area (Å²) in [6, 6.07) is 2.56. The summed E-state index contributed by atoms with van der Waals surface area (Å²) in [5.74, 6) is -1.39. The van der Waals surface area contributed by atoms with Gasteiger partial charge in [0.15, 0.2) is 9.84 Å². The van der Waals surface area contributed by atoms with Gasteiger partial charge in [-0.3, -0.25) is 0 Å². The van der Waals surface area contributed by atoms with Gasteiger partial charge in [0.05, 0.1) is 12.9 Å². The third kappa shape index (κ3) is 3.13. The van der Waals surface area contributed by atoms with E-state index in [2.05, 4.69) is 0 Å². The van der Waals surface area contributed by atoms with Gasteiger partial charge in [-0.1, -0.05) is 6.92 Å². The molecule has 18 heavy (non-hydrogen) atoms. The second-order valence-corrected chi connectivity index (χ2v) is 6.09. The number of ether oxygens (including phenoxy) is 1. The van der Waals surface area contributed by atoms with Crippen LogP contribution in [0.3, 0.4) is 0 Å². The highest BCUT2D eigenvalue weighted by Crippen LogP contribution is 2.27. The summed E-state index contributed by atoms with van der Waals surface area (Å²) in [6.45, 7) is 1.52. The summed E-state index contributed by atoms with van der Waals surface area (Å²) >= 11 is 0. The van der Waals surface area contributed by atoms with Crippen LogP contribution in [0.5, 0.6) is 5.75 Å². The van der Waals surface area contributed by atoms with Crippen LogP contribution >= 0.6 is 0 Å². The number of carboxylic acids is 1. The molecule has 0 aromatic heterocycles. The number of hydrogen-bond acceptors (Lipinski definition) is 5. The molecule has 0 saturated heterocycles. The zero-order valence-electron chi connectivity index (χ0n) is 10.1. The van der Waals surface area contributed by atoms with Crippen LogP contribution in [0.2, 0.25) is 0 Å².